The van der Waals surface area contributed by atoms with Crippen molar-refractivity contribution >= 4 is 5.82 Å². The average Bonchev–Trinajstić information content (AvgIpc) is 2.41. The number of aliphatic hydroxyl groups is 1. The van der Waals surface area contributed by atoms with Crippen molar-refractivity contribution in [1.29, 1.82) is 0 Å². The van der Waals surface area contributed by atoms with Gasteiger partial charge in [-0.2, -0.15) is 0 Å². The lowest BCUT2D eigenvalue weighted by Gasteiger charge is -2.20. The van der Waals surface area contributed by atoms with E-state index in [9.17, 15) is 5.11 Å². The third kappa shape index (κ3) is 3.32. The van der Waals surface area contributed by atoms with Gasteiger partial charge in [0.05, 0.1) is 6.10 Å². The van der Waals surface area contributed by atoms with Crippen LogP contribution in [0.5, 0.6) is 0 Å². The van der Waals surface area contributed by atoms with Crippen molar-refractivity contribution in [2.45, 2.75) is 26.5 Å². The van der Waals surface area contributed by atoms with Crippen LogP contribution in [0.15, 0.2) is 42.6 Å². The zero-order valence-electron chi connectivity index (χ0n) is 11.7. The van der Waals surface area contributed by atoms with E-state index in [1.807, 2.05) is 25.2 Å². The second kappa shape index (κ2) is 5.85. The number of hydrogen-bond donors (Lipinski definition) is 1. The highest BCUT2D eigenvalue weighted by Gasteiger charge is 2.08. The Morgan fingerprint density at radius 1 is 1.26 bits per heavy atom. The third-order valence-corrected chi connectivity index (χ3v) is 3.31. The largest absolute Gasteiger partial charge is 0.389 e. The Morgan fingerprint density at radius 2 is 2.00 bits per heavy atom. The van der Waals surface area contributed by atoms with Gasteiger partial charge in [0.25, 0.3) is 0 Å². The number of aryl methyl sites for hydroxylation is 1. The van der Waals surface area contributed by atoms with Crippen LogP contribution in [0.25, 0.3) is 0 Å². The summed E-state index contributed by atoms with van der Waals surface area (Å²) in [5, 5.41) is 9.62. The fraction of sp³-hybridized carbons (Fsp3) is 0.312. The fourth-order valence-corrected chi connectivity index (χ4v) is 2.03. The molecule has 100 valence electrons. The van der Waals surface area contributed by atoms with Gasteiger partial charge in [-0.3, -0.25) is 0 Å². The van der Waals surface area contributed by atoms with Gasteiger partial charge in [-0.05, 0) is 42.7 Å². The molecule has 1 aromatic heterocycles. The fourth-order valence-electron chi connectivity index (χ4n) is 2.03. The van der Waals surface area contributed by atoms with Crippen molar-refractivity contribution in [2.24, 2.45) is 0 Å². The van der Waals surface area contributed by atoms with E-state index in [1.54, 1.807) is 13.1 Å². The predicted molar refractivity (Wildman–Crippen MR) is 78.2 cm³/mol. The minimum atomic E-state index is -0.464. The maximum Gasteiger partial charge on any atom is 0.128 e. The summed E-state index contributed by atoms with van der Waals surface area (Å²) in [7, 11) is 2.01. The van der Waals surface area contributed by atoms with Crippen LogP contribution in [0.2, 0.25) is 0 Å². The van der Waals surface area contributed by atoms with Crippen LogP contribution in [0.4, 0.5) is 5.82 Å². The number of hydrogen-bond acceptors (Lipinski definition) is 3. The summed E-state index contributed by atoms with van der Waals surface area (Å²) in [4.78, 5) is 6.45. The number of rotatable bonds is 4. The number of nitrogens with zero attached hydrogens (tertiary/aromatic N) is 2. The van der Waals surface area contributed by atoms with Gasteiger partial charge >= 0.3 is 0 Å². The molecule has 0 aliphatic carbocycles. The Labute approximate surface area is 114 Å². The van der Waals surface area contributed by atoms with Gasteiger partial charge in [-0.1, -0.05) is 24.3 Å². The Morgan fingerprint density at radius 3 is 2.68 bits per heavy atom. The molecule has 0 unspecified atom stereocenters. The van der Waals surface area contributed by atoms with E-state index in [0.717, 1.165) is 17.9 Å². The lowest BCUT2D eigenvalue weighted by atomic mass is 10.1. The molecule has 2 rings (SSSR count). The number of benzene rings is 1. The van der Waals surface area contributed by atoms with Crippen molar-refractivity contribution in [1.82, 2.24) is 4.98 Å². The highest BCUT2D eigenvalue weighted by atomic mass is 16.3. The van der Waals surface area contributed by atoms with Crippen LogP contribution in [0.1, 0.15) is 29.7 Å². The maximum absolute atomic E-state index is 9.62. The average molecular weight is 256 g/mol. The summed E-state index contributed by atoms with van der Waals surface area (Å²) < 4.78 is 0. The summed E-state index contributed by atoms with van der Waals surface area (Å²) in [6, 6.07) is 12.1. The molecule has 0 bridgehead atoms. The predicted octanol–water partition coefficient (Wildman–Crippen LogP) is 3.08. The van der Waals surface area contributed by atoms with Gasteiger partial charge in [0.1, 0.15) is 5.82 Å². The summed E-state index contributed by atoms with van der Waals surface area (Å²) >= 11 is 0. The quantitative estimate of drug-likeness (QED) is 0.913. The Hall–Kier alpha value is -1.87. The van der Waals surface area contributed by atoms with Crippen molar-refractivity contribution in [2.75, 3.05) is 11.9 Å². The number of anilines is 1. The van der Waals surface area contributed by atoms with Crippen LogP contribution in [0.3, 0.4) is 0 Å². The van der Waals surface area contributed by atoms with E-state index >= 15 is 0 Å². The minimum Gasteiger partial charge on any atom is -0.389 e. The molecule has 1 aromatic carbocycles. The molecule has 0 fully saturated rings. The molecule has 0 saturated carbocycles. The van der Waals surface area contributed by atoms with Gasteiger partial charge < -0.3 is 10.0 Å². The second-order valence-corrected chi connectivity index (χ2v) is 4.91. The molecule has 3 nitrogen and oxygen atoms in total. The van der Waals surface area contributed by atoms with Gasteiger partial charge in [0, 0.05) is 19.8 Å². The van der Waals surface area contributed by atoms with Crippen LogP contribution >= 0.6 is 0 Å². The number of aliphatic hydroxyl groups excluding tert-OH is 1. The van der Waals surface area contributed by atoms with E-state index in [2.05, 4.69) is 35.0 Å². The van der Waals surface area contributed by atoms with Crippen molar-refractivity contribution < 1.29 is 5.11 Å². The van der Waals surface area contributed by atoms with Crippen LogP contribution in [-0.2, 0) is 6.54 Å². The van der Waals surface area contributed by atoms with E-state index in [0.29, 0.717) is 0 Å². The molecular weight excluding hydrogens is 236 g/mol. The molecule has 19 heavy (non-hydrogen) atoms. The molecule has 3 heteroatoms. The molecule has 0 spiro atoms. The Bertz CT molecular complexity index is 552. The van der Waals surface area contributed by atoms with Crippen molar-refractivity contribution in [3.8, 4) is 0 Å². The van der Waals surface area contributed by atoms with E-state index in [-0.39, 0.29) is 0 Å². The first-order valence-corrected chi connectivity index (χ1v) is 6.47. The molecule has 1 heterocycles. The first-order chi connectivity index (χ1) is 9.08. The van der Waals surface area contributed by atoms with Crippen molar-refractivity contribution in [3.05, 3.63) is 59.3 Å². The molecule has 0 aliphatic rings. The Kier molecular flexibility index (Phi) is 4.17. The normalized spacial score (nSPS) is 12.2. The standard InChI is InChI=1S/C16H20N2O/c1-12-6-4-5-7-15(12)11-18(3)16-10-14(13(2)19)8-9-17-16/h4-10,13,19H,11H2,1-3H3/t13-/m1/s1. The zero-order chi connectivity index (χ0) is 13.8. The molecule has 1 atom stereocenters. The molecule has 0 saturated heterocycles. The summed E-state index contributed by atoms with van der Waals surface area (Å²) in [6.45, 7) is 4.69. The molecule has 0 amide bonds. The first kappa shape index (κ1) is 13.6. The van der Waals surface area contributed by atoms with E-state index in [4.69, 9.17) is 0 Å². The minimum absolute atomic E-state index is 0.464. The van der Waals surface area contributed by atoms with Crippen LogP contribution < -0.4 is 4.90 Å². The van der Waals surface area contributed by atoms with Crippen LogP contribution in [-0.4, -0.2) is 17.1 Å². The molecule has 2 aromatic rings. The lowest BCUT2D eigenvalue weighted by Crippen LogP contribution is -2.18. The first-order valence-electron chi connectivity index (χ1n) is 6.47. The topological polar surface area (TPSA) is 36.4 Å². The summed E-state index contributed by atoms with van der Waals surface area (Å²) in [5.41, 5.74) is 3.46. The van der Waals surface area contributed by atoms with E-state index in [1.165, 1.54) is 11.1 Å². The van der Waals surface area contributed by atoms with E-state index < -0.39 is 6.10 Å². The van der Waals surface area contributed by atoms with Gasteiger partial charge in [-0.15, -0.1) is 0 Å². The summed E-state index contributed by atoms with van der Waals surface area (Å²) in [6.07, 6.45) is 1.28. The molecular formula is C16H20N2O. The highest BCUT2D eigenvalue weighted by molar-refractivity contribution is 5.42. The Balaban J connectivity index is 2.18. The maximum atomic E-state index is 9.62. The van der Waals surface area contributed by atoms with Crippen molar-refractivity contribution in [3.63, 3.8) is 0 Å². The highest BCUT2D eigenvalue weighted by Crippen LogP contribution is 2.19. The van der Waals surface area contributed by atoms with Gasteiger partial charge in [0.15, 0.2) is 0 Å². The second-order valence-electron chi connectivity index (χ2n) is 4.91. The molecule has 0 radical (unpaired) electrons. The third-order valence-electron chi connectivity index (χ3n) is 3.31. The number of pyridine rings is 1. The molecule has 1 N–H and O–H groups in total. The summed E-state index contributed by atoms with van der Waals surface area (Å²) in [5.74, 6) is 0.877. The van der Waals surface area contributed by atoms with Gasteiger partial charge in [0.2, 0.25) is 0 Å². The molecule has 0 aliphatic heterocycles. The zero-order valence-corrected chi connectivity index (χ0v) is 11.7. The van der Waals surface area contributed by atoms with Crippen LogP contribution in [0, 0.1) is 6.92 Å². The SMILES string of the molecule is Cc1ccccc1CN(C)c1cc([C@@H](C)O)ccn1. The smallest absolute Gasteiger partial charge is 0.128 e. The lowest BCUT2D eigenvalue weighted by molar-refractivity contribution is 0.199. The van der Waals surface area contributed by atoms with Gasteiger partial charge in [-0.25, -0.2) is 4.98 Å². The monoisotopic (exact) mass is 256 g/mol. The number of aromatic nitrogens is 1.